The number of hydrogen-bond donors (Lipinski definition) is 0. The van der Waals surface area contributed by atoms with Gasteiger partial charge < -0.3 is 4.90 Å². The van der Waals surface area contributed by atoms with Gasteiger partial charge in [0.2, 0.25) is 5.91 Å². The van der Waals surface area contributed by atoms with Crippen molar-refractivity contribution in [3.63, 3.8) is 0 Å². The van der Waals surface area contributed by atoms with Crippen LogP contribution in [0.1, 0.15) is 50.3 Å². The van der Waals surface area contributed by atoms with E-state index in [1.54, 1.807) is 0 Å². The van der Waals surface area contributed by atoms with Gasteiger partial charge in [0.1, 0.15) is 0 Å². The Morgan fingerprint density at radius 2 is 1.81 bits per heavy atom. The third-order valence-electron chi connectivity index (χ3n) is 4.20. The van der Waals surface area contributed by atoms with E-state index >= 15 is 0 Å². The summed E-state index contributed by atoms with van der Waals surface area (Å²) in [7, 11) is 0. The zero-order valence-electron chi connectivity index (χ0n) is 13.6. The van der Waals surface area contributed by atoms with Crippen molar-refractivity contribution < 1.29 is 4.79 Å². The van der Waals surface area contributed by atoms with Gasteiger partial charge in [-0.25, -0.2) is 0 Å². The average Bonchev–Trinajstić information content (AvgIpc) is 2.38. The summed E-state index contributed by atoms with van der Waals surface area (Å²) in [5.74, 6) is 0.670. The van der Waals surface area contributed by atoms with E-state index < -0.39 is 0 Å². The van der Waals surface area contributed by atoms with Gasteiger partial charge in [0, 0.05) is 17.9 Å². The number of hydrogen-bond acceptors (Lipinski definition) is 1. The van der Waals surface area contributed by atoms with Gasteiger partial charge in [-0.05, 0) is 69.9 Å². The summed E-state index contributed by atoms with van der Waals surface area (Å²) in [4.78, 5) is 14.6. The third-order valence-corrected chi connectivity index (χ3v) is 4.46. The highest BCUT2D eigenvalue weighted by Crippen LogP contribution is 2.40. The van der Waals surface area contributed by atoms with Crippen molar-refractivity contribution in [2.45, 2.75) is 53.0 Å². The summed E-state index contributed by atoms with van der Waals surface area (Å²) in [5, 5.41) is 0. The molecule has 0 aromatic heterocycles. The topological polar surface area (TPSA) is 20.3 Å². The Morgan fingerprint density at radius 3 is 2.43 bits per heavy atom. The molecule has 0 aliphatic carbocycles. The molecule has 1 amide bonds. The van der Waals surface area contributed by atoms with Crippen LogP contribution in [0.4, 0.5) is 5.69 Å². The molecule has 0 unspecified atom stereocenters. The van der Waals surface area contributed by atoms with E-state index in [9.17, 15) is 4.79 Å². The Hall–Kier alpha value is -1.28. The molecule has 1 aliphatic rings. The number of alkyl halides is 1. The Labute approximate surface area is 132 Å². The molecule has 0 atom stereocenters. The van der Waals surface area contributed by atoms with Gasteiger partial charge in [-0.3, -0.25) is 4.79 Å². The lowest BCUT2D eigenvalue weighted by molar-refractivity contribution is -0.119. The van der Waals surface area contributed by atoms with Crippen LogP contribution in [0.2, 0.25) is 0 Å². The first-order valence-electron chi connectivity index (χ1n) is 7.48. The standard InChI is InChI=1S/C18H24ClNO/c1-12-9-15-14(3)11-18(4,5)20(16(15)10-13(12)2)17(21)7-6-8-19/h9-11H,6-8H2,1-5H3. The summed E-state index contributed by atoms with van der Waals surface area (Å²) < 4.78 is 0. The predicted octanol–water partition coefficient (Wildman–Crippen LogP) is 4.85. The SMILES string of the molecule is CC1=CC(C)(C)N(C(=O)CCCCl)c2cc(C)c(C)cc21. The number of anilines is 1. The van der Waals surface area contributed by atoms with Gasteiger partial charge in [0.05, 0.1) is 11.2 Å². The lowest BCUT2D eigenvalue weighted by Gasteiger charge is -2.42. The van der Waals surface area contributed by atoms with Crippen LogP contribution in [-0.4, -0.2) is 17.3 Å². The molecule has 1 heterocycles. The van der Waals surface area contributed by atoms with Crippen molar-refractivity contribution in [1.29, 1.82) is 0 Å². The van der Waals surface area contributed by atoms with Crippen LogP contribution < -0.4 is 4.90 Å². The number of carbonyl (C=O) groups is 1. The van der Waals surface area contributed by atoms with Crippen LogP contribution in [0.15, 0.2) is 18.2 Å². The minimum absolute atomic E-state index is 0.147. The number of amides is 1. The Balaban J connectivity index is 2.55. The summed E-state index contributed by atoms with van der Waals surface area (Å²) in [6.45, 7) is 10.5. The minimum atomic E-state index is -0.303. The van der Waals surface area contributed by atoms with Crippen molar-refractivity contribution in [1.82, 2.24) is 0 Å². The van der Waals surface area contributed by atoms with Crippen molar-refractivity contribution in [2.75, 3.05) is 10.8 Å². The lowest BCUT2D eigenvalue weighted by atomic mass is 9.86. The van der Waals surface area contributed by atoms with E-state index in [0.717, 1.165) is 17.7 Å². The molecule has 1 aromatic carbocycles. The molecular weight excluding hydrogens is 282 g/mol. The van der Waals surface area contributed by atoms with Crippen molar-refractivity contribution in [3.8, 4) is 0 Å². The van der Waals surface area contributed by atoms with E-state index in [0.29, 0.717) is 12.3 Å². The largest absolute Gasteiger partial charge is 0.303 e. The van der Waals surface area contributed by atoms with E-state index in [-0.39, 0.29) is 11.4 Å². The van der Waals surface area contributed by atoms with E-state index in [2.05, 4.69) is 52.8 Å². The Kier molecular flexibility index (Phi) is 4.48. The molecule has 0 N–H and O–H groups in total. The van der Waals surface area contributed by atoms with E-state index in [4.69, 9.17) is 11.6 Å². The molecule has 0 radical (unpaired) electrons. The first-order chi connectivity index (χ1) is 9.77. The van der Waals surface area contributed by atoms with Gasteiger partial charge in [0.25, 0.3) is 0 Å². The van der Waals surface area contributed by atoms with Crippen molar-refractivity contribution in [2.24, 2.45) is 0 Å². The maximum absolute atomic E-state index is 12.7. The smallest absolute Gasteiger partial charge is 0.227 e. The summed E-state index contributed by atoms with van der Waals surface area (Å²) in [5.41, 5.74) is 5.60. The second-order valence-corrected chi connectivity index (χ2v) is 6.83. The zero-order chi connectivity index (χ0) is 15.8. The quantitative estimate of drug-likeness (QED) is 0.731. The second-order valence-electron chi connectivity index (χ2n) is 6.46. The number of carbonyl (C=O) groups excluding carboxylic acids is 1. The normalized spacial score (nSPS) is 16.5. The molecule has 0 saturated carbocycles. The molecule has 114 valence electrons. The number of halogens is 1. The summed E-state index contributed by atoms with van der Waals surface area (Å²) in [6.07, 6.45) is 3.39. The minimum Gasteiger partial charge on any atom is -0.303 e. The maximum atomic E-state index is 12.7. The van der Waals surface area contributed by atoms with Gasteiger partial charge in [-0.15, -0.1) is 11.6 Å². The number of fused-ring (bicyclic) bond motifs is 1. The molecule has 21 heavy (non-hydrogen) atoms. The van der Waals surface area contributed by atoms with Crippen LogP contribution in [0, 0.1) is 13.8 Å². The van der Waals surface area contributed by atoms with Crippen LogP contribution in [-0.2, 0) is 4.79 Å². The first kappa shape index (κ1) is 16.1. The molecule has 0 fully saturated rings. The molecule has 1 aromatic rings. The Morgan fingerprint density at radius 1 is 1.19 bits per heavy atom. The van der Waals surface area contributed by atoms with Gasteiger partial charge in [0.15, 0.2) is 0 Å². The van der Waals surface area contributed by atoms with Gasteiger partial charge in [-0.2, -0.15) is 0 Å². The van der Waals surface area contributed by atoms with Crippen LogP contribution in [0.3, 0.4) is 0 Å². The molecule has 3 heteroatoms. The third kappa shape index (κ3) is 3.01. The van der Waals surface area contributed by atoms with Crippen LogP contribution >= 0.6 is 11.6 Å². The van der Waals surface area contributed by atoms with Crippen molar-refractivity contribution in [3.05, 3.63) is 34.9 Å². The highest BCUT2D eigenvalue weighted by Gasteiger charge is 2.35. The van der Waals surface area contributed by atoms with Crippen LogP contribution in [0.5, 0.6) is 0 Å². The monoisotopic (exact) mass is 305 g/mol. The number of benzene rings is 1. The van der Waals surface area contributed by atoms with E-state index in [1.807, 2.05) is 4.90 Å². The average molecular weight is 306 g/mol. The molecule has 1 aliphatic heterocycles. The maximum Gasteiger partial charge on any atom is 0.227 e. The molecule has 0 spiro atoms. The highest BCUT2D eigenvalue weighted by molar-refractivity contribution is 6.18. The van der Waals surface area contributed by atoms with Gasteiger partial charge >= 0.3 is 0 Å². The molecular formula is C18H24ClNO. The number of aryl methyl sites for hydroxylation is 2. The summed E-state index contributed by atoms with van der Waals surface area (Å²) in [6, 6.07) is 4.33. The summed E-state index contributed by atoms with van der Waals surface area (Å²) >= 11 is 5.74. The van der Waals surface area contributed by atoms with Crippen LogP contribution in [0.25, 0.3) is 5.57 Å². The highest BCUT2D eigenvalue weighted by atomic mass is 35.5. The zero-order valence-corrected chi connectivity index (χ0v) is 14.3. The lowest BCUT2D eigenvalue weighted by Crippen LogP contribution is -2.49. The fraction of sp³-hybridized carbons (Fsp3) is 0.500. The number of rotatable bonds is 3. The molecule has 0 saturated heterocycles. The fourth-order valence-electron chi connectivity index (χ4n) is 3.07. The van der Waals surface area contributed by atoms with E-state index in [1.165, 1.54) is 16.7 Å². The van der Waals surface area contributed by atoms with Crippen molar-refractivity contribution >= 4 is 28.8 Å². The number of nitrogens with zero attached hydrogens (tertiary/aromatic N) is 1. The molecule has 2 nitrogen and oxygen atoms in total. The first-order valence-corrected chi connectivity index (χ1v) is 8.01. The number of allylic oxidation sites excluding steroid dienone is 1. The fourth-order valence-corrected chi connectivity index (χ4v) is 3.20. The molecule has 2 rings (SSSR count). The predicted molar refractivity (Wildman–Crippen MR) is 91.1 cm³/mol. The molecule has 0 bridgehead atoms. The second kappa shape index (κ2) is 5.84. The Bertz CT molecular complexity index is 601. The van der Waals surface area contributed by atoms with Gasteiger partial charge in [-0.1, -0.05) is 6.08 Å².